The quantitative estimate of drug-likeness (QED) is 0.679. The van der Waals surface area contributed by atoms with Gasteiger partial charge in [-0.25, -0.2) is 0 Å². The number of benzene rings is 1. The molecule has 0 aromatic heterocycles. The highest BCUT2D eigenvalue weighted by atomic mass is 79.9. The van der Waals surface area contributed by atoms with Gasteiger partial charge in [-0.05, 0) is 54.0 Å². The molecule has 0 amide bonds. The highest BCUT2D eigenvalue weighted by Crippen LogP contribution is 2.37. The molecule has 1 rings (SSSR count). The van der Waals surface area contributed by atoms with Crippen LogP contribution in [0.1, 0.15) is 32.3 Å². The Hall–Kier alpha value is -1.27. The molecule has 0 spiro atoms. The molecule has 0 aliphatic rings. The lowest BCUT2D eigenvalue weighted by atomic mass is 10.2. The van der Waals surface area contributed by atoms with Crippen LogP contribution in [0.3, 0.4) is 0 Å². The van der Waals surface area contributed by atoms with Crippen molar-refractivity contribution in [1.29, 1.82) is 0 Å². The Kier molecular flexibility index (Phi) is 8.27. The summed E-state index contributed by atoms with van der Waals surface area (Å²) in [6, 6.07) is 3.95. The van der Waals surface area contributed by atoms with Crippen molar-refractivity contribution in [3.05, 3.63) is 22.2 Å². The van der Waals surface area contributed by atoms with Crippen LogP contribution < -0.4 is 9.47 Å². The molecule has 0 aliphatic carbocycles. The first-order valence-electron chi connectivity index (χ1n) is 7.46. The number of carboxylic acids is 1. The first kappa shape index (κ1) is 18.8. The van der Waals surface area contributed by atoms with Gasteiger partial charge >= 0.3 is 5.97 Å². The summed E-state index contributed by atoms with van der Waals surface area (Å²) in [5.74, 6) is 0.652. The molecule has 6 heteroatoms. The van der Waals surface area contributed by atoms with E-state index in [-0.39, 0.29) is 6.42 Å². The molecule has 22 heavy (non-hydrogen) atoms. The maximum absolute atomic E-state index is 10.6. The predicted molar refractivity (Wildman–Crippen MR) is 89.7 cm³/mol. The number of hydrogen-bond acceptors (Lipinski definition) is 4. The first-order valence-corrected chi connectivity index (χ1v) is 8.25. The van der Waals surface area contributed by atoms with Gasteiger partial charge in [0, 0.05) is 13.1 Å². The zero-order valence-corrected chi connectivity index (χ0v) is 15.0. The Balaban J connectivity index is 2.85. The highest BCUT2D eigenvalue weighted by molar-refractivity contribution is 9.10. The summed E-state index contributed by atoms with van der Waals surface area (Å²) in [6.45, 7) is 6.35. The van der Waals surface area contributed by atoms with Crippen molar-refractivity contribution in [1.82, 2.24) is 4.90 Å². The van der Waals surface area contributed by atoms with Gasteiger partial charge in [0.2, 0.25) is 0 Å². The fourth-order valence-corrected chi connectivity index (χ4v) is 2.60. The third kappa shape index (κ3) is 6.23. The summed E-state index contributed by atoms with van der Waals surface area (Å²) in [4.78, 5) is 12.6. The molecule has 0 unspecified atom stereocenters. The van der Waals surface area contributed by atoms with Crippen molar-refractivity contribution in [3.8, 4) is 11.5 Å². The monoisotopic (exact) mass is 373 g/mol. The molecule has 5 nitrogen and oxygen atoms in total. The molecule has 1 N–H and O–H groups in total. The number of nitrogens with zero attached hydrogens (tertiary/aromatic N) is 1. The van der Waals surface area contributed by atoms with Gasteiger partial charge in [-0.1, -0.05) is 6.92 Å². The van der Waals surface area contributed by atoms with Gasteiger partial charge in [0.05, 0.1) is 24.1 Å². The van der Waals surface area contributed by atoms with E-state index in [2.05, 4.69) is 22.9 Å². The second-order valence-electron chi connectivity index (χ2n) is 5.07. The van der Waals surface area contributed by atoms with Gasteiger partial charge in [-0.2, -0.15) is 0 Å². The number of aliphatic carboxylic acids is 1. The van der Waals surface area contributed by atoms with E-state index in [0.717, 1.165) is 22.2 Å². The average molecular weight is 374 g/mol. The van der Waals surface area contributed by atoms with E-state index in [1.807, 2.05) is 31.0 Å². The topological polar surface area (TPSA) is 59.0 Å². The third-order valence-corrected chi connectivity index (χ3v) is 3.57. The van der Waals surface area contributed by atoms with Crippen molar-refractivity contribution in [3.63, 3.8) is 0 Å². The summed E-state index contributed by atoms with van der Waals surface area (Å²) in [5, 5.41) is 8.73. The molecule has 124 valence electrons. The maximum Gasteiger partial charge on any atom is 0.304 e. The minimum Gasteiger partial charge on any atom is -0.490 e. The lowest BCUT2D eigenvalue weighted by molar-refractivity contribution is -0.137. The minimum atomic E-state index is -0.786. The van der Waals surface area contributed by atoms with Crippen molar-refractivity contribution in [2.24, 2.45) is 0 Å². The summed E-state index contributed by atoms with van der Waals surface area (Å²) >= 11 is 3.53. The molecule has 0 heterocycles. The smallest absolute Gasteiger partial charge is 0.304 e. The normalized spacial score (nSPS) is 10.8. The highest BCUT2D eigenvalue weighted by Gasteiger charge is 2.13. The second-order valence-corrected chi connectivity index (χ2v) is 5.92. The maximum atomic E-state index is 10.6. The minimum absolute atomic E-state index is 0.133. The number of carbonyl (C=O) groups is 1. The van der Waals surface area contributed by atoms with Crippen LogP contribution in [0.2, 0.25) is 0 Å². The van der Waals surface area contributed by atoms with Crippen LogP contribution in [-0.4, -0.2) is 42.8 Å². The molecule has 0 aliphatic heterocycles. The molecule has 0 atom stereocenters. The fourth-order valence-electron chi connectivity index (χ4n) is 2.00. The van der Waals surface area contributed by atoms with E-state index in [1.54, 1.807) is 0 Å². The number of halogens is 1. The van der Waals surface area contributed by atoms with Crippen molar-refractivity contribution in [2.75, 3.05) is 26.8 Å². The van der Waals surface area contributed by atoms with E-state index in [9.17, 15) is 4.79 Å². The molecule has 0 saturated heterocycles. The zero-order valence-electron chi connectivity index (χ0n) is 13.4. The largest absolute Gasteiger partial charge is 0.490 e. The van der Waals surface area contributed by atoms with E-state index >= 15 is 0 Å². The van der Waals surface area contributed by atoms with Crippen LogP contribution in [0, 0.1) is 0 Å². The number of rotatable bonds is 10. The summed E-state index contributed by atoms with van der Waals surface area (Å²) in [7, 11) is 1.90. The molecule has 1 aromatic rings. The van der Waals surface area contributed by atoms with Crippen LogP contribution in [0.5, 0.6) is 11.5 Å². The SMILES string of the molecule is CCCOc1c(Br)cc(CN(C)CCC(=O)O)cc1OCC. The zero-order chi connectivity index (χ0) is 16.5. The van der Waals surface area contributed by atoms with Gasteiger partial charge < -0.3 is 19.5 Å². The van der Waals surface area contributed by atoms with Crippen LogP contribution in [0.25, 0.3) is 0 Å². The van der Waals surface area contributed by atoms with Gasteiger partial charge in [0.25, 0.3) is 0 Å². The summed E-state index contributed by atoms with van der Waals surface area (Å²) in [6.07, 6.45) is 1.06. The van der Waals surface area contributed by atoms with E-state index in [1.165, 1.54) is 0 Å². The fraction of sp³-hybridized carbons (Fsp3) is 0.562. The van der Waals surface area contributed by atoms with Gasteiger partial charge in [-0.15, -0.1) is 0 Å². The van der Waals surface area contributed by atoms with Crippen molar-refractivity contribution < 1.29 is 19.4 Å². The van der Waals surface area contributed by atoms with Gasteiger partial charge in [0.15, 0.2) is 11.5 Å². The third-order valence-electron chi connectivity index (χ3n) is 2.98. The van der Waals surface area contributed by atoms with E-state index < -0.39 is 5.97 Å². The standard InChI is InChI=1S/C16H24BrNO4/c1-4-8-22-16-13(17)9-12(10-14(16)21-5-2)11-18(3)7-6-15(19)20/h9-10H,4-8,11H2,1-3H3,(H,19,20). The number of carboxylic acid groups (broad SMARTS) is 1. The number of hydrogen-bond donors (Lipinski definition) is 1. The second kappa shape index (κ2) is 9.69. The van der Waals surface area contributed by atoms with Gasteiger partial charge in [-0.3, -0.25) is 4.79 Å². The summed E-state index contributed by atoms with van der Waals surface area (Å²) < 4.78 is 12.3. The van der Waals surface area contributed by atoms with E-state index in [4.69, 9.17) is 14.6 Å². The summed E-state index contributed by atoms with van der Waals surface area (Å²) in [5.41, 5.74) is 1.05. The van der Waals surface area contributed by atoms with Gasteiger partial charge in [0.1, 0.15) is 0 Å². The average Bonchev–Trinajstić information content (AvgIpc) is 2.44. The van der Waals surface area contributed by atoms with Crippen LogP contribution >= 0.6 is 15.9 Å². The molecular formula is C16H24BrNO4. The van der Waals surface area contributed by atoms with Crippen LogP contribution in [0.4, 0.5) is 0 Å². The van der Waals surface area contributed by atoms with Crippen molar-refractivity contribution >= 4 is 21.9 Å². The molecule has 0 fully saturated rings. The predicted octanol–water partition coefficient (Wildman–Crippen LogP) is 3.54. The molecular weight excluding hydrogens is 350 g/mol. The Morgan fingerprint density at radius 3 is 2.64 bits per heavy atom. The van der Waals surface area contributed by atoms with Crippen molar-refractivity contribution in [2.45, 2.75) is 33.2 Å². The molecule has 0 saturated carbocycles. The number of ether oxygens (including phenoxy) is 2. The van der Waals surface area contributed by atoms with E-state index in [0.29, 0.717) is 32.1 Å². The Morgan fingerprint density at radius 2 is 2.05 bits per heavy atom. The lowest BCUT2D eigenvalue weighted by Gasteiger charge is -2.19. The first-order chi connectivity index (χ1) is 10.5. The molecule has 0 radical (unpaired) electrons. The molecule has 0 bridgehead atoms. The Bertz CT molecular complexity index is 493. The van der Waals surface area contributed by atoms with Crippen LogP contribution in [-0.2, 0) is 11.3 Å². The Morgan fingerprint density at radius 1 is 1.32 bits per heavy atom. The lowest BCUT2D eigenvalue weighted by Crippen LogP contribution is -2.21. The van der Waals surface area contributed by atoms with Crippen LogP contribution in [0.15, 0.2) is 16.6 Å². The Labute approximate surface area is 140 Å². The molecule has 1 aromatic carbocycles.